The van der Waals surface area contributed by atoms with Gasteiger partial charge < -0.3 is 9.42 Å². The van der Waals surface area contributed by atoms with E-state index >= 15 is 0 Å². The van der Waals surface area contributed by atoms with E-state index in [4.69, 9.17) is 4.52 Å². The molecule has 0 bridgehead atoms. The van der Waals surface area contributed by atoms with Gasteiger partial charge in [0.2, 0.25) is 0 Å². The Labute approximate surface area is 131 Å². The van der Waals surface area contributed by atoms with Crippen LogP contribution in [0.3, 0.4) is 0 Å². The average molecular weight is 311 g/mol. The van der Waals surface area contributed by atoms with Crippen LogP contribution < -0.4 is 0 Å². The Hall–Kier alpha value is -2.47. The van der Waals surface area contributed by atoms with Gasteiger partial charge in [0.05, 0.1) is 0 Å². The van der Waals surface area contributed by atoms with Crippen LogP contribution in [-0.4, -0.2) is 27.5 Å². The number of amides is 1. The fourth-order valence-corrected chi connectivity index (χ4v) is 3.49. The van der Waals surface area contributed by atoms with Crippen LogP contribution in [0.2, 0.25) is 0 Å². The Bertz CT molecular complexity index is 810. The predicted octanol–water partition coefficient (Wildman–Crippen LogP) is 3.00. The molecule has 1 aliphatic heterocycles. The molecular formula is C16H13N3O2S. The van der Waals surface area contributed by atoms with E-state index in [-0.39, 0.29) is 5.91 Å². The summed E-state index contributed by atoms with van der Waals surface area (Å²) in [6.07, 6.45) is 4.29. The highest BCUT2D eigenvalue weighted by Crippen LogP contribution is 2.26. The van der Waals surface area contributed by atoms with Crippen LogP contribution >= 0.6 is 11.3 Å². The monoisotopic (exact) mass is 311 g/mol. The molecule has 0 aromatic carbocycles. The molecule has 3 aromatic heterocycles. The van der Waals surface area contributed by atoms with Crippen molar-refractivity contribution in [3.8, 4) is 11.3 Å². The second-order valence-electron chi connectivity index (χ2n) is 5.16. The Morgan fingerprint density at radius 2 is 2.32 bits per heavy atom. The second-order valence-corrected chi connectivity index (χ2v) is 6.16. The van der Waals surface area contributed by atoms with Gasteiger partial charge in [-0.15, -0.1) is 11.3 Å². The first kappa shape index (κ1) is 13.2. The summed E-state index contributed by atoms with van der Waals surface area (Å²) in [5, 5.41) is 6.00. The zero-order valence-corrected chi connectivity index (χ0v) is 12.5. The highest BCUT2D eigenvalue weighted by Gasteiger charge is 2.25. The number of aromatic nitrogens is 2. The van der Waals surface area contributed by atoms with Crippen LogP contribution in [0.5, 0.6) is 0 Å². The fourth-order valence-electron chi connectivity index (χ4n) is 2.60. The minimum Gasteiger partial charge on any atom is -0.355 e. The van der Waals surface area contributed by atoms with Gasteiger partial charge in [-0.2, -0.15) is 0 Å². The first-order valence-electron chi connectivity index (χ1n) is 7.03. The maximum atomic E-state index is 12.6. The lowest BCUT2D eigenvalue weighted by Crippen LogP contribution is -2.35. The van der Waals surface area contributed by atoms with Crippen molar-refractivity contribution in [2.24, 2.45) is 0 Å². The molecule has 0 spiro atoms. The molecule has 1 aliphatic rings. The third kappa shape index (κ3) is 2.31. The molecule has 5 nitrogen and oxygen atoms in total. The molecule has 0 saturated heterocycles. The largest absolute Gasteiger partial charge is 0.355 e. The van der Waals surface area contributed by atoms with E-state index in [1.807, 2.05) is 17.0 Å². The minimum absolute atomic E-state index is 0.0873. The lowest BCUT2D eigenvalue weighted by molar-refractivity contribution is 0.0725. The molecule has 0 N–H and O–H groups in total. The SMILES string of the molecule is O=C(c1cc(-c2cccnc2)on1)N1CCc2sccc2C1. The van der Waals surface area contributed by atoms with Crippen molar-refractivity contribution in [1.29, 1.82) is 0 Å². The van der Waals surface area contributed by atoms with E-state index < -0.39 is 0 Å². The molecule has 4 rings (SSSR count). The summed E-state index contributed by atoms with van der Waals surface area (Å²) in [6, 6.07) is 7.47. The van der Waals surface area contributed by atoms with Crippen molar-refractivity contribution in [2.75, 3.05) is 6.54 Å². The number of carbonyl (C=O) groups excluding carboxylic acids is 1. The Morgan fingerprint density at radius 3 is 3.18 bits per heavy atom. The van der Waals surface area contributed by atoms with Gasteiger partial charge in [0.1, 0.15) is 0 Å². The number of nitrogens with zero attached hydrogens (tertiary/aromatic N) is 3. The highest BCUT2D eigenvalue weighted by molar-refractivity contribution is 7.10. The van der Waals surface area contributed by atoms with Crippen LogP contribution in [0.15, 0.2) is 46.6 Å². The van der Waals surface area contributed by atoms with Gasteiger partial charge in [0.25, 0.3) is 5.91 Å². The summed E-state index contributed by atoms with van der Waals surface area (Å²) in [6.45, 7) is 1.37. The summed E-state index contributed by atoms with van der Waals surface area (Å²) in [5.41, 5.74) is 2.39. The van der Waals surface area contributed by atoms with Crippen LogP contribution in [0.4, 0.5) is 0 Å². The Morgan fingerprint density at radius 1 is 1.36 bits per heavy atom. The predicted molar refractivity (Wildman–Crippen MR) is 82.5 cm³/mol. The first-order chi connectivity index (χ1) is 10.8. The van der Waals surface area contributed by atoms with Crippen LogP contribution in [0.1, 0.15) is 20.9 Å². The molecule has 0 saturated carbocycles. The van der Waals surface area contributed by atoms with Gasteiger partial charge in [-0.05, 0) is 35.6 Å². The normalized spacial score (nSPS) is 13.9. The first-order valence-corrected chi connectivity index (χ1v) is 7.91. The van der Waals surface area contributed by atoms with Crippen molar-refractivity contribution in [1.82, 2.24) is 15.0 Å². The maximum absolute atomic E-state index is 12.6. The molecule has 3 aromatic rings. The average Bonchev–Trinajstić information content (AvgIpc) is 3.23. The number of thiophene rings is 1. The summed E-state index contributed by atoms with van der Waals surface area (Å²) in [5.74, 6) is 0.473. The summed E-state index contributed by atoms with van der Waals surface area (Å²) in [7, 11) is 0. The highest BCUT2D eigenvalue weighted by atomic mass is 32.1. The molecule has 0 atom stereocenters. The topological polar surface area (TPSA) is 59.2 Å². The zero-order chi connectivity index (χ0) is 14.9. The minimum atomic E-state index is -0.0873. The van der Waals surface area contributed by atoms with Gasteiger partial charge in [-0.25, -0.2) is 0 Å². The van der Waals surface area contributed by atoms with E-state index in [9.17, 15) is 4.79 Å². The van der Waals surface area contributed by atoms with E-state index in [1.165, 1.54) is 10.4 Å². The fraction of sp³-hybridized carbons (Fsp3) is 0.188. The summed E-state index contributed by atoms with van der Waals surface area (Å²) < 4.78 is 5.28. The lowest BCUT2D eigenvalue weighted by atomic mass is 10.1. The molecule has 1 amide bonds. The Kier molecular flexibility index (Phi) is 3.23. The van der Waals surface area contributed by atoms with Crippen molar-refractivity contribution in [3.05, 3.63) is 58.2 Å². The second kappa shape index (κ2) is 5.38. The number of hydrogen-bond acceptors (Lipinski definition) is 5. The quantitative estimate of drug-likeness (QED) is 0.730. The van der Waals surface area contributed by atoms with Gasteiger partial charge in [0, 0.05) is 42.0 Å². The molecule has 110 valence electrons. The van der Waals surface area contributed by atoms with E-state index in [1.54, 1.807) is 29.8 Å². The van der Waals surface area contributed by atoms with E-state index in [0.717, 1.165) is 18.5 Å². The number of carbonyl (C=O) groups is 1. The summed E-state index contributed by atoms with van der Waals surface area (Å²) >= 11 is 1.76. The molecule has 0 unspecified atom stereocenters. The van der Waals surface area contributed by atoms with Gasteiger partial charge in [-0.3, -0.25) is 9.78 Å². The van der Waals surface area contributed by atoms with Crippen molar-refractivity contribution >= 4 is 17.2 Å². The molecular weight excluding hydrogens is 298 g/mol. The number of rotatable bonds is 2. The maximum Gasteiger partial charge on any atom is 0.276 e. The van der Waals surface area contributed by atoms with Crippen molar-refractivity contribution in [3.63, 3.8) is 0 Å². The van der Waals surface area contributed by atoms with Gasteiger partial charge >= 0.3 is 0 Å². The van der Waals surface area contributed by atoms with E-state index in [2.05, 4.69) is 21.6 Å². The summed E-state index contributed by atoms with van der Waals surface area (Å²) in [4.78, 5) is 19.8. The standard InChI is InChI=1S/C16H13N3O2S/c20-16(19-6-3-15-12(10-19)4-7-22-15)13-8-14(21-18-13)11-2-1-5-17-9-11/h1-2,4-5,7-9H,3,6,10H2. The molecule has 6 heteroatoms. The molecule has 4 heterocycles. The molecule has 0 aliphatic carbocycles. The van der Waals surface area contributed by atoms with Gasteiger partial charge in [0.15, 0.2) is 11.5 Å². The smallest absolute Gasteiger partial charge is 0.276 e. The van der Waals surface area contributed by atoms with Gasteiger partial charge in [-0.1, -0.05) is 5.16 Å². The zero-order valence-electron chi connectivity index (χ0n) is 11.7. The van der Waals surface area contributed by atoms with Crippen LogP contribution in [0, 0.1) is 0 Å². The number of fused-ring (bicyclic) bond motifs is 1. The Balaban J connectivity index is 1.56. The number of pyridine rings is 1. The molecule has 0 fully saturated rings. The lowest BCUT2D eigenvalue weighted by Gasteiger charge is -2.26. The van der Waals surface area contributed by atoms with E-state index in [0.29, 0.717) is 18.0 Å². The van der Waals surface area contributed by atoms with Crippen molar-refractivity contribution in [2.45, 2.75) is 13.0 Å². The third-order valence-electron chi connectivity index (χ3n) is 3.77. The number of hydrogen-bond donors (Lipinski definition) is 0. The van der Waals surface area contributed by atoms with Crippen LogP contribution in [0.25, 0.3) is 11.3 Å². The van der Waals surface area contributed by atoms with Crippen LogP contribution in [-0.2, 0) is 13.0 Å². The molecule has 0 radical (unpaired) electrons. The molecule has 22 heavy (non-hydrogen) atoms. The third-order valence-corrected chi connectivity index (χ3v) is 4.79. The van der Waals surface area contributed by atoms with Crippen molar-refractivity contribution < 1.29 is 9.32 Å².